The summed E-state index contributed by atoms with van der Waals surface area (Å²) in [6, 6.07) is 4.83. The van der Waals surface area contributed by atoms with Crippen molar-refractivity contribution in [3.63, 3.8) is 0 Å². The zero-order valence-electron chi connectivity index (χ0n) is 13.6. The van der Waals surface area contributed by atoms with Gasteiger partial charge in [0.2, 0.25) is 5.91 Å². The van der Waals surface area contributed by atoms with Gasteiger partial charge in [-0.1, -0.05) is 18.9 Å². The number of likely N-dealkylation sites (tertiary alicyclic amines) is 1. The van der Waals surface area contributed by atoms with Crippen LogP contribution in [-0.2, 0) is 17.9 Å². The maximum absolute atomic E-state index is 12.1. The van der Waals surface area contributed by atoms with E-state index in [1.165, 1.54) is 47.7 Å². The molecule has 1 amide bonds. The number of hydrogen-bond acceptors (Lipinski definition) is 5. The second-order valence-electron chi connectivity index (χ2n) is 6.05. The van der Waals surface area contributed by atoms with Gasteiger partial charge in [-0.15, -0.1) is 11.3 Å². The third-order valence-electron chi connectivity index (χ3n) is 4.10. The van der Waals surface area contributed by atoms with Gasteiger partial charge in [0.05, 0.1) is 5.69 Å². The number of anilines is 1. The quantitative estimate of drug-likeness (QED) is 0.902. The number of nitrogens with zero attached hydrogens (tertiary/aromatic N) is 3. The Labute approximate surface area is 145 Å². The Balaban J connectivity index is 1.54. The lowest BCUT2D eigenvalue weighted by molar-refractivity contribution is -0.116. The number of amides is 1. The Morgan fingerprint density at radius 1 is 1.21 bits per heavy atom. The highest BCUT2D eigenvalue weighted by molar-refractivity contribution is 7.13. The van der Waals surface area contributed by atoms with Crippen LogP contribution in [0.4, 0.5) is 5.13 Å². The van der Waals surface area contributed by atoms with Crippen molar-refractivity contribution in [1.82, 2.24) is 14.5 Å². The molecule has 128 valence electrons. The van der Waals surface area contributed by atoms with E-state index in [0.717, 1.165) is 25.3 Å². The first kappa shape index (κ1) is 16.9. The number of nitrogens with one attached hydrogen (secondary N) is 1. The maximum atomic E-state index is 12.1. The molecule has 2 aromatic rings. The number of carbonyl (C=O) groups is 1. The van der Waals surface area contributed by atoms with Gasteiger partial charge in [-0.25, -0.2) is 4.98 Å². The van der Waals surface area contributed by atoms with E-state index >= 15 is 0 Å². The van der Waals surface area contributed by atoms with E-state index in [9.17, 15) is 9.59 Å². The lowest BCUT2D eigenvalue weighted by Crippen LogP contribution is -2.26. The molecule has 0 saturated carbocycles. The summed E-state index contributed by atoms with van der Waals surface area (Å²) in [6.07, 6.45) is 6.73. The van der Waals surface area contributed by atoms with Crippen LogP contribution in [0, 0.1) is 0 Å². The number of carbonyl (C=O) groups excluding carboxylic acids is 1. The molecule has 3 rings (SSSR count). The minimum Gasteiger partial charge on any atom is -0.306 e. The molecule has 0 aromatic carbocycles. The number of aromatic nitrogens is 2. The predicted molar refractivity (Wildman–Crippen MR) is 95.2 cm³/mol. The summed E-state index contributed by atoms with van der Waals surface area (Å²) in [7, 11) is 0. The van der Waals surface area contributed by atoms with Gasteiger partial charge in [-0.05, 0) is 32.0 Å². The summed E-state index contributed by atoms with van der Waals surface area (Å²) in [5.74, 6) is -0.237. The van der Waals surface area contributed by atoms with Gasteiger partial charge in [-0.3, -0.25) is 14.5 Å². The Morgan fingerprint density at radius 3 is 2.75 bits per heavy atom. The van der Waals surface area contributed by atoms with Crippen LogP contribution in [-0.4, -0.2) is 33.4 Å². The Bertz CT molecular complexity index is 732. The third-order valence-corrected chi connectivity index (χ3v) is 4.90. The molecule has 0 bridgehead atoms. The molecule has 0 spiro atoms. The third kappa shape index (κ3) is 4.75. The monoisotopic (exact) mass is 346 g/mol. The highest BCUT2D eigenvalue weighted by atomic mass is 32.1. The van der Waals surface area contributed by atoms with Gasteiger partial charge in [0.15, 0.2) is 5.13 Å². The van der Waals surface area contributed by atoms with E-state index < -0.39 is 0 Å². The SMILES string of the molecule is O=C(Cn1ccccc1=O)Nc1nc(CN2CCCCCC2)cs1. The van der Waals surface area contributed by atoms with E-state index in [0.29, 0.717) is 5.13 Å². The smallest absolute Gasteiger partial charge is 0.250 e. The van der Waals surface area contributed by atoms with Crippen molar-refractivity contribution in [2.45, 2.75) is 38.8 Å². The first-order chi connectivity index (χ1) is 11.7. The van der Waals surface area contributed by atoms with Crippen molar-refractivity contribution in [1.29, 1.82) is 0 Å². The number of rotatable bonds is 5. The molecule has 1 N–H and O–H groups in total. The summed E-state index contributed by atoms with van der Waals surface area (Å²) < 4.78 is 1.38. The fourth-order valence-electron chi connectivity index (χ4n) is 2.87. The molecular formula is C17H22N4O2S. The Hall–Kier alpha value is -1.99. The lowest BCUT2D eigenvalue weighted by atomic mass is 10.2. The van der Waals surface area contributed by atoms with Gasteiger partial charge < -0.3 is 9.88 Å². The summed E-state index contributed by atoms with van der Waals surface area (Å²) in [5.41, 5.74) is 0.808. The highest BCUT2D eigenvalue weighted by Crippen LogP contribution is 2.18. The number of hydrogen-bond donors (Lipinski definition) is 1. The molecule has 0 aliphatic carbocycles. The second-order valence-corrected chi connectivity index (χ2v) is 6.91. The van der Waals surface area contributed by atoms with Crippen molar-refractivity contribution in [3.8, 4) is 0 Å². The second kappa shape index (κ2) is 8.21. The minimum atomic E-state index is -0.237. The average molecular weight is 346 g/mol. The topological polar surface area (TPSA) is 67.2 Å². The van der Waals surface area contributed by atoms with Gasteiger partial charge in [-0.2, -0.15) is 0 Å². The molecular weight excluding hydrogens is 324 g/mol. The van der Waals surface area contributed by atoms with Crippen LogP contribution >= 0.6 is 11.3 Å². The van der Waals surface area contributed by atoms with Crippen LogP contribution in [0.3, 0.4) is 0 Å². The molecule has 1 fully saturated rings. The van der Waals surface area contributed by atoms with Crippen LogP contribution in [0.15, 0.2) is 34.6 Å². The summed E-state index contributed by atoms with van der Waals surface area (Å²) in [6.45, 7) is 3.08. The van der Waals surface area contributed by atoms with Crippen LogP contribution in [0.2, 0.25) is 0 Å². The lowest BCUT2D eigenvalue weighted by Gasteiger charge is -2.17. The van der Waals surface area contributed by atoms with Crippen molar-refractivity contribution in [3.05, 3.63) is 45.8 Å². The Morgan fingerprint density at radius 2 is 2.00 bits per heavy atom. The van der Waals surface area contributed by atoms with Crippen molar-refractivity contribution >= 4 is 22.4 Å². The van der Waals surface area contributed by atoms with E-state index in [2.05, 4.69) is 15.2 Å². The predicted octanol–water partition coefficient (Wildman–Crippen LogP) is 2.32. The molecule has 6 nitrogen and oxygen atoms in total. The standard InChI is InChI=1S/C17H22N4O2S/c22-15(12-21-10-6-3-7-16(21)23)19-17-18-14(13-24-17)11-20-8-4-1-2-5-9-20/h3,6-7,10,13H,1-2,4-5,8-9,11-12H2,(H,18,19,22). The number of pyridine rings is 1. The van der Waals surface area contributed by atoms with Crippen LogP contribution in [0.25, 0.3) is 0 Å². The molecule has 0 radical (unpaired) electrons. The molecule has 1 saturated heterocycles. The molecule has 1 aliphatic rings. The fourth-order valence-corrected chi connectivity index (χ4v) is 3.58. The summed E-state index contributed by atoms with van der Waals surface area (Å²) in [5, 5.41) is 5.36. The normalized spacial score (nSPS) is 15.8. The molecule has 0 unspecified atom stereocenters. The first-order valence-corrected chi connectivity index (χ1v) is 9.21. The molecule has 3 heterocycles. The molecule has 2 aromatic heterocycles. The zero-order chi connectivity index (χ0) is 16.8. The van der Waals surface area contributed by atoms with Crippen LogP contribution in [0.5, 0.6) is 0 Å². The summed E-state index contributed by atoms with van der Waals surface area (Å²) in [4.78, 5) is 30.6. The zero-order valence-corrected chi connectivity index (χ0v) is 14.4. The molecule has 0 atom stereocenters. The largest absolute Gasteiger partial charge is 0.306 e. The van der Waals surface area contributed by atoms with E-state index in [-0.39, 0.29) is 18.0 Å². The average Bonchev–Trinajstić information content (AvgIpc) is 2.83. The van der Waals surface area contributed by atoms with E-state index in [1.54, 1.807) is 18.3 Å². The van der Waals surface area contributed by atoms with Gasteiger partial charge in [0.1, 0.15) is 6.54 Å². The van der Waals surface area contributed by atoms with E-state index in [4.69, 9.17) is 0 Å². The maximum Gasteiger partial charge on any atom is 0.250 e. The molecule has 1 aliphatic heterocycles. The number of thiazole rings is 1. The van der Waals surface area contributed by atoms with Gasteiger partial charge >= 0.3 is 0 Å². The fraction of sp³-hybridized carbons (Fsp3) is 0.471. The van der Waals surface area contributed by atoms with Crippen molar-refractivity contribution in [2.24, 2.45) is 0 Å². The van der Waals surface area contributed by atoms with Crippen molar-refractivity contribution < 1.29 is 4.79 Å². The summed E-state index contributed by atoms with van der Waals surface area (Å²) >= 11 is 1.43. The van der Waals surface area contributed by atoms with Gasteiger partial charge in [0, 0.05) is 24.2 Å². The molecule has 24 heavy (non-hydrogen) atoms. The van der Waals surface area contributed by atoms with Crippen LogP contribution < -0.4 is 10.9 Å². The van der Waals surface area contributed by atoms with Gasteiger partial charge in [0.25, 0.3) is 5.56 Å². The first-order valence-electron chi connectivity index (χ1n) is 8.33. The van der Waals surface area contributed by atoms with Crippen LogP contribution in [0.1, 0.15) is 31.4 Å². The van der Waals surface area contributed by atoms with E-state index in [1.807, 2.05) is 5.38 Å². The molecule has 7 heteroatoms. The Kier molecular flexibility index (Phi) is 5.77. The highest BCUT2D eigenvalue weighted by Gasteiger charge is 2.12. The van der Waals surface area contributed by atoms with Crippen molar-refractivity contribution in [2.75, 3.05) is 18.4 Å². The minimum absolute atomic E-state index is 0.000706.